The Balaban J connectivity index is 1.43. The summed E-state index contributed by atoms with van der Waals surface area (Å²) in [5, 5.41) is 0.424. The van der Waals surface area contributed by atoms with Crippen LogP contribution in [0.2, 0.25) is 0 Å². The zero-order chi connectivity index (χ0) is 20.4. The minimum absolute atomic E-state index is 0.0785. The van der Waals surface area contributed by atoms with Gasteiger partial charge in [-0.3, -0.25) is 14.5 Å². The van der Waals surface area contributed by atoms with Gasteiger partial charge in [-0.25, -0.2) is 9.78 Å². The van der Waals surface area contributed by atoms with Gasteiger partial charge in [0, 0.05) is 32.8 Å². The van der Waals surface area contributed by atoms with E-state index in [-0.39, 0.29) is 17.6 Å². The van der Waals surface area contributed by atoms with Crippen LogP contribution in [0.4, 0.5) is 0 Å². The van der Waals surface area contributed by atoms with Gasteiger partial charge in [0.2, 0.25) is 0 Å². The molecule has 1 amide bonds. The quantitative estimate of drug-likeness (QED) is 0.747. The first-order valence-electron chi connectivity index (χ1n) is 9.79. The van der Waals surface area contributed by atoms with Gasteiger partial charge < -0.3 is 19.4 Å². The Bertz CT molecular complexity index is 974. The van der Waals surface area contributed by atoms with Crippen LogP contribution < -0.4 is 5.56 Å². The molecule has 0 radical (unpaired) electrons. The average molecular weight is 400 g/mol. The molecule has 9 nitrogen and oxygen atoms in total. The molecule has 2 saturated heterocycles. The minimum Gasteiger partial charge on any atom is -0.465 e. The van der Waals surface area contributed by atoms with Crippen molar-refractivity contribution in [2.45, 2.75) is 25.5 Å². The Hall–Kier alpha value is -2.78. The zero-order valence-electron chi connectivity index (χ0n) is 16.3. The number of benzene rings is 1. The number of ether oxygens (including phenoxy) is 2. The van der Waals surface area contributed by atoms with Gasteiger partial charge >= 0.3 is 5.97 Å². The Labute approximate surface area is 167 Å². The number of hydrogen-bond acceptors (Lipinski definition) is 7. The number of hydrogen-bond donors (Lipinski definition) is 1. The van der Waals surface area contributed by atoms with Gasteiger partial charge in [-0.1, -0.05) is 0 Å². The van der Waals surface area contributed by atoms with Gasteiger partial charge in [0.05, 0.1) is 30.1 Å². The van der Waals surface area contributed by atoms with Crippen LogP contribution in [0, 0.1) is 0 Å². The second-order valence-corrected chi connectivity index (χ2v) is 7.34. The van der Waals surface area contributed by atoms with Crippen molar-refractivity contribution in [2.75, 3.05) is 39.9 Å². The highest BCUT2D eigenvalue weighted by molar-refractivity contribution is 5.93. The van der Waals surface area contributed by atoms with Gasteiger partial charge in [0.25, 0.3) is 11.5 Å². The average Bonchev–Trinajstić information content (AvgIpc) is 3.27. The van der Waals surface area contributed by atoms with Gasteiger partial charge in [-0.05, 0) is 31.0 Å². The number of esters is 1. The van der Waals surface area contributed by atoms with Crippen molar-refractivity contribution in [1.29, 1.82) is 0 Å². The molecule has 2 fully saturated rings. The maximum absolute atomic E-state index is 12.5. The van der Waals surface area contributed by atoms with Crippen molar-refractivity contribution in [3.8, 4) is 0 Å². The van der Waals surface area contributed by atoms with Crippen LogP contribution in [-0.2, 0) is 20.8 Å². The zero-order valence-corrected chi connectivity index (χ0v) is 16.3. The van der Waals surface area contributed by atoms with E-state index < -0.39 is 5.97 Å². The molecular formula is C20H24N4O5. The number of piperazine rings is 1. The Morgan fingerprint density at radius 2 is 2.07 bits per heavy atom. The number of H-pyrrole nitrogens is 1. The predicted molar refractivity (Wildman–Crippen MR) is 105 cm³/mol. The first-order chi connectivity index (χ1) is 14.0. The number of aromatic amines is 1. The molecule has 1 aromatic carbocycles. The number of methoxy groups -OCH3 is 1. The molecule has 1 aromatic heterocycles. The lowest BCUT2D eigenvalue weighted by atomic mass is 10.1. The number of nitrogens with zero attached hydrogens (tertiary/aromatic N) is 3. The summed E-state index contributed by atoms with van der Waals surface area (Å²) in [6, 6.07) is 4.69. The summed E-state index contributed by atoms with van der Waals surface area (Å²) in [7, 11) is 1.31. The smallest absolute Gasteiger partial charge is 0.337 e. The number of amides is 1. The second kappa shape index (κ2) is 8.30. The Morgan fingerprint density at radius 1 is 1.28 bits per heavy atom. The molecule has 0 spiro atoms. The molecule has 0 saturated carbocycles. The summed E-state index contributed by atoms with van der Waals surface area (Å²) in [5.41, 5.74) is 0.567. The van der Waals surface area contributed by atoms with E-state index in [1.807, 2.05) is 4.90 Å². The molecule has 2 aliphatic rings. The van der Waals surface area contributed by atoms with Crippen LogP contribution in [0.1, 0.15) is 29.0 Å². The summed E-state index contributed by atoms with van der Waals surface area (Å²) >= 11 is 0. The molecule has 9 heteroatoms. The van der Waals surface area contributed by atoms with Gasteiger partial charge in [0.15, 0.2) is 0 Å². The number of nitrogens with one attached hydrogen (secondary N) is 1. The lowest BCUT2D eigenvalue weighted by molar-refractivity contribution is -0.142. The van der Waals surface area contributed by atoms with Crippen LogP contribution in [0.15, 0.2) is 23.0 Å². The predicted octanol–water partition coefficient (Wildman–Crippen LogP) is 0.533. The molecule has 1 N–H and O–H groups in total. The van der Waals surface area contributed by atoms with Gasteiger partial charge in [0.1, 0.15) is 11.9 Å². The number of aromatic nitrogens is 2. The first kappa shape index (κ1) is 19.5. The maximum atomic E-state index is 12.5. The molecule has 2 aliphatic heterocycles. The molecule has 0 aliphatic carbocycles. The molecule has 1 unspecified atom stereocenters. The lowest BCUT2D eigenvalue weighted by Gasteiger charge is -2.35. The van der Waals surface area contributed by atoms with E-state index in [4.69, 9.17) is 9.47 Å². The van der Waals surface area contributed by atoms with E-state index in [1.54, 1.807) is 18.2 Å². The summed E-state index contributed by atoms with van der Waals surface area (Å²) in [4.78, 5) is 47.9. The highest BCUT2D eigenvalue weighted by Crippen LogP contribution is 2.17. The lowest BCUT2D eigenvalue weighted by Crippen LogP contribution is -2.51. The molecule has 4 rings (SSSR count). The molecule has 3 heterocycles. The molecule has 154 valence electrons. The van der Waals surface area contributed by atoms with Crippen LogP contribution in [0.25, 0.3) is 10.9 Å². The fraction of sp³-hybridized carbons (Fsp3) is 0.500. The van der Waals surface area contributed by atoms with Crippen LogP contribution in [-0.4, -0.2) is 77.6 Å². The third kappa shape index (κ3) is 4.15. The van der Waals surface area contributed by atoms with Crippen molar-refractivity contribution in [2.24, 2.45) is 0 Å². The van der Waals surface area contributed by atoms with Crippen LogP contribution in [0.3, 0.4) is 0 Å². The monoisotopic (exact) mass is 400 g/mol. The summed E-state index contributed by atoms with van der Waals surface area (Å²) in [6.45, 7) is 3.78. The number of carbonyl (C=O) groups excluding carboxylic acids is 2. The highest BCUT2D eigenvalue weighted by Gasteiger charge is 2.30. The van der Waals surface area contributed by atoms with E-state index in [9.17, 15) is 14.4 Å². The van der Waals surface area contributed by atoms with Gasteiger partial charge in [-0.2, -0.15) is 0 Å². The van der Waals surface area contributed by atoms with E-state index >= 15 is 0 Å². The normalized spacial score (nSPS) is 20.2. The molecular weight excluding hydrogens is 376 g/mol. The fourth-order valence-electron chi connectivity index (χ4n) is 3.82. The van der Waals surface area contributed by atoms with Crippen molar-refractivity contribution in [3.05, 3.63) is 39.9 Å². The maximum Gasteiger partial charge on any atom is 0.337 e. The van der Waals surface area contributed by atoms with Crippen molar-refractivity contribution in [3.63, 3.8) is 0 Å². The summed E-state index contributed by atoms with van der Waals surface area (Å²) in [6.07, 6.45) is 1.45. The number of carbonyl (C=O) groups is 2. The van der Waals surface area contributed by atoms with E-state index in [0.29, 0.717) is 61.6 Å². The SMILES string of the molecule is COC(=O)c1ccc2c(=O)[nH]c(CN3CCN(C(=O)C4CCCO4)CC3)nc2c1. The third-order valence-electron chi connectivity index (χ3n) is 5.44. The van der Waals surface area contributed by atoms with Crippen LogP contribution in [0.5, 0.6) is 0 Å². The Kier molecular flexibility index (Phi) is 5.59. The summed E-state index contributed by atoms with van der Waals surface area (Å²) in [5.74, 6) is 0.140. The standard InChI is InChI=1S/C20H24N4O5/c1-28-20(27)13-4-5-14-15(11-13)21-17(22-18(14)25)12-23-6-8-24(9-7-23)19(26)16-3-2-10-29-16/h4-5,11,16H,2-3,6-10,12H2,1H3,(H,21,22,25). The largest absolute Gasteiger partial charge is 0.465 e. The van der Waals surface area contributed by atoms with Crippen LogP contribution >= 0.6 is 0 Å². The topological polar surface area (TPSA) is 105 Å². The number of rotatable bonds is 4. The van der Waals surface area contributed by atoms with Crippen molar-refractivity contribution >= 4 is 22.8 Å². The molecule has 0 bridgehead atoms. The van der Waals surface area contributed by atoms with Crippen molar-refractivity contribution < 1.29 is 19.1 Å². The molecule has 2 aromatic rings. The second-order valence-electron chi connectivity index (χ2n) is 7.34. The number of fused-ring (bicyclic) bond motifs is 1. The minimum atomic E-state index is -0.470. The van der Waals surface area contributed by atoms with Crippen molar-refractivity contribution in [1.82, 2.24) is 19.8 Å². The van der Waals surface area contributed by atoms with E-state index in [2.05, 4.69) is 14.9 Å². The van der Waals surface area contributed by atoms with E-state index in [0.717, 1.165) is 12.8 Å². The molecule has 1 atom stereocenters. The Morgan fingerprint density at radius 3 is 2.76 bits per heavy atom. The third-order valence-corrected chi connectivity index (χ3v) is 5.44. The summed E-state index contributed by atoms with van der Waals surface area (Å²) < 4.78 is 10.2. The highest BCUT2D eigenvalue weighted by atomic mass is 16.5. The first-order valence-corrected chi connectivity index (χ1v) is 9.79. The molecule has 29 heavy (non-hydrogen) atoms. The van der Waals surface area contributed by atoms with E-state index in [1.165, 1.54) is 7.11 Å². The van der Waals surface area contributed by atoms with Gasteiger partial charge in [-0.15, -0.1) is 0 Å². The fourth-order valence-corrected chi connectivity index (χ4v) is 3.82.